The quantitative estimate of drug-likeness (QED) is 0.638. The van der Waals surface area contributed by atoms with Gasteiger partial charge in [-0.15, -0.1) is 0 Å². The number of amides is 1. The average Bonchev–Trinajstić information content (AvgIpc) is 3.08. The van der Waals surface area contributed by atoms with Crippen molar-refractivity contribution in [2.24, 2.45) is 0 Å². The minimum absolute atomic E-state index is 0.108. The molecule has 0 aliphatic rings. The lowest BCUT2D eigenvalue weighted by Gasteiger charge is -2.12. The molecule has 2 N–H and O–H groups in total. The lowest BCUT2D eigenvalue weighted by Crippen LogP contribution is -2.17. The number of halogens is 1. The van der Waals surface area contributed by atoms with Crippen molar-refractivity contribution in [3.63, 3.8) is 0 Å². The number of nitrogens with zero attached hydrogens (tertiary/aromatic N) is 1. The Bertz CT molecular complexity index is 831. The van der Waals surface area contributed by atoms with Crippen molar-refractivity contribution in [2.45, 2.75) is 19.5 Å². The minimum atomic E-state index is -0.170. The summed E-state index contributed by atoms with van der Waals surface area (Å²) in [7, 11) is 0. The van der Waals surface area contributed by atoms with Crippen LogP contribution in [0, 0.1) is 0 Å². The molecule has 2 aromatic heterocycles. The fourth-order valence-electron chi connectivity index (χ4n) is 2.34. The molecule has 3 rings (SSSR count). The van der Waals surface area contributed by atoms with E-state index >= 15 is 0 Å². The first-order valence-corrected chi connectivity index (χ1v) is 8.70. The summed E-state index contributed by atoms with van der Waals surface area (Å²) in [6.45, 7) is 2.75. The summed E-state index contributed by atoms with van der Waals surface area (Å²) in [5.41, 5.74) is 2.41. The van der Waals surface area contributed by atoms with Gasteiger partial charge in [0.1, 0.15) is 5.76 Å². The van der Waals surface area contributed by atoms with Gasteiger partial charge in [-0.3, -0.25) is 9.78 Å². The number of benzene rings is 1. The summed E-state index contributed by atoms with van der Waals surface area (Å²) in [5, 5.41) is 6.26. The molecule has 3 aromatic rings. The van der Waals surface area contributed by atoms with Gasteiger partial charge in [-0.1, -0.05) is 12.1 Å². The zero-order valence-corrected chi connectivity index (χ0v) is 15.3. The van der Waals surface area contributed by atoms with Crippen LogP contribution in [0.3, 0.4) is 0 Å². The van der Waals surface area contributed by atoms with E-state index in [4.69, 9.17) is 4.42 Å². The van der Waals surface area contributed by atoms with Crippen molar-refractivity contribution in [3.8, 4) is 0 Å². The van der Waals surface area contributed by atoms with Gasteiger partial charge in [-0.25, -0.2) is 0 Å². The van der Waals surface area contributed by atoms with Crippen LogP contribution in [0.2, 0.25) is 0 Å². The van der Waals surface area contributed by atoms with Gasteiger partial charge >= 0.3 is 0 Å². The number of aromatic nitrogens is 1. The van der Waals surface area contributed by atoms with Crippen LogP contribution in [0.5, 0.6) is 0 Å². The summed E-state index contributed by atoms with van der Waals surface area (Å²) >= 11 is 3.31. The molecule has 128 valence electrons. The molecule has 1 aromatic carbocycles. The molecule has 0 spiro atoms. The highest BCUT2D eigenvalue weighted by atomic mass is 79.9. The van der Waals surface area contributed by atoms with E-state index in [1.807, 2.05) is 43.3 Å². The summed E-state index contributed by atoms with van der Waals surface area (Å²) in [5.74, 6) is 0.711. The van der Waals surface area contributed by atoms with E-state index in [-0.39, 0.29) is 11.9 Å². The van der Waals surface area contributed by atoms with E-state index in [2.05, 4.69) is 31.5 Å². The Kier molecular flexibility index (Phi) is 5.63. The number of rotatable bonds is 6. The fourth-order valence-corrected chi connectivity index (χ4v) is 2.66. The van der Waals surface area contributed by atoms with Crippen molar-refractivity contribution >= 4 is 27.5 Å². The van der Waals surface area contributed by atoms with E-state index in [1.165, 1.54) is 0 Å². The second kappa shape index (κ2) is 8.09. The summed E-state index contributed by atoms with van der Waals surface area (Å²) in [6.07, 6.45) is 3.18. The van der Waals surface area contributed by atoms with Crippen LogP contribution in [-0.4, -0.2) is 10.9 Å². The van der Waals surface area contributed by atoms with Gasteiger partial charge in [0.15, 0.2) is 4.67 Å². The maximum absolute atomic E-state index is 12.1. The highest BCUT2D eigenvalue weighted by Crippen LogP contribution is 2.20. The smallest absolute Gasteiger partial charge is 0.257 e. The molecule has 0 aliphatic heterocycles. The molecule has 2 heterocycles. The summed E-state index contributed by atoms with van der Waals surface area (Å²) in [4.78, 5) is 16.0. The molecule has 5 nitrogen and oxygen atoms in total. The molecular weight excluding hydrogens is 382 g/mol. The standard InChI is InChI=1S/C19H18BrN3O2/c1-13(17-8-9-18(20)25-17)22-11-14-4-6-16(7-5-14)23-19(24)15-3-2-10-21-12-15/h2-10,12-13,22H,11H2,1H3,(H,23,24)/t13-/m0/s1. The average molecular weight is 400 g/mol. The molecule has 0 bridgehead atoms. The number of hydrogen-bond acceptors (Lipinski definition) is 4. The zero-order chi connectivity index (χ0) is 17.6. The number of nitrogens with one attached hydrogen (secondary N) is 2. The number of carbonyl (C=O) groups is 1. The SMILES string of the molecule is C[C@H](NCc1ccc(NC(=O)c2cccnc2)cc1)c1ccc(Br)o1. The Balaban J connectivity index is 1.54. The third-order valence-electron chi connectivity index (χ3n) is 3.77. The lowest BCUT2D eigenvalue weighted by atomic mass is 10.1. The molecule has 0 aliphatic carbocycles. The Hall–Kier alpha value is -2.44. The summed E-state index contributed by atoms with van der Waals surface area (Å²) in [6, 6.07) is 15.1. The predicted molar refractivity (Wildman–Crippen MR) is 100 cm³/mol. The van der Waals surface area contributed by atoms with E-state index < -0.39 is 0 Å². The molecule has 25 heavy (non-hydrogen) atoms. The highest BCUT2D eigenvalue weighted by molar-refractivity contribution is 9.10. The van der Waals surface area contributed by atoms with Crippen LogP contribution in [0.15, 0.2) is 70.0 Å². The highest BCUT2D eigenvalue weighted by Gasteiger charge is 2.09. The lowest BCUT2D eigenvalue weighted by molar-refractivity contribution is 0.102. The van der Waals surface area contributed by atoms with Gasteiger partial charge in [0.25, 0.3) is 5.91 Å². The first kappa shape index (κ1) is 17.4. The molecule has 6 heteroatoms. The second-order valence-corrected chi connectivity index (χ2v) is 6.42. The van der Waals surface area contributed by atoms with Crippen LogP contribution < -0.4 is 10.6 Å². The van der Waals surface area contributed by atoms with Crippen LogP contribution in [-0.2, 0) is 6.54 Å². The number of carbonyl (C=O) groups excluding carboxylic acids is 1. The third-order valence-corrected chi connectivity index (χ3v) is 4.19. The van der Waals surface area contributed by atoms with Crippen molar-refractivity contribution < 1.29 is 9.21 Å². The molecule has 0 saturated carbocycles. The van der Waals surface area contributed by atoms with E-state index in [1.54, 1.807) is 24.5 Å². The number of pyridine rings is 1. The Labute approximate surface area is 154 Å². The molecule has 1 atom stereocenters. The minimum Gasteiger partial charge on any atom is -0.453 e. The van der Waals surface area contributed by atoms with E-state index in [9.17, 15) is 4.79 Å². The maximum Gasteiger partial charge on any atom is 0.257 e. The second-order valence-electron chi connectivity index (χ2n) is 5.64. The van der Waals surface area contributed by atoms with E-state index in [0.717, 1.165) is 21.7 Å². The van der Waals surface area contributed by atoms with Crippen molar-refractivity contribution in [1.29, 1.82) is 0 Å². The van der Waals surface area contributed by atoms with Crippen LogP contribution >= 0.6 is 15.9 Å². The first-order valence-electron chi connectivity index (χ1n) is 7.91. The van der Waals surface area contributed by atoms with Crippen LogP contribution in [0.25, 0.3) is 0 Å². The Morgan fingerprint density at radius 2 is 2.00 bits per heavy atom. The monoisotopic (exact) mass is 399 g/mol. The van der Waals surface area contributed by atoms with Crippen LogP contribution in [0.4, 0.5) is 5.69 Å². The number of anilines is 1. The van der Waals surface area contributed by atoms with Gasteiger partial charge in [0.05, 0.1) is 11.6 Å². The predicted octanol–water partition coefficient (Wildman–Crippen LogP) is 4.54. The van der Waals surface area contributed by atoms with Gasteiger partial charge in [0, 0.05) is 24.6 Å². The fraction of sp³-hybridized carbons (Fsp3) is 0.158. The summed E-state index contributed by atoms with van der Waals surface area (Å²) < 4.78 is 6.27. The molecule has 0 radical (unpaired) electrons. The number of furan rings is 1. The molecule has 0 unspecified atom stereocenters. The third kappa shape index (κ3) is 4.78. The molecule has 0 fully saturated rings. The van der Waals surface area contributed by atoms with Crippen molar-refractivity contribution in [1.82, 2.24) is 10.3 Å². The maximum atomic E-state index is 12.1. The van der Waals surface area contributed by atoms with Gasteiger partial charge < -0.3 is 15.1 Å². The molecule has 0 saturated heterocycles. The zero-order valence-electron chi connectivity index (χ0n) is 13.7. The van der Waals surface area contributed by atoms with E-state index in [0.29, 0.717) is 12.1 Å². The van der Waals surface area contributed by atoms with Crippen LogP contribution in [0.1, 0.15) is 34.6 Å². The molecule has 1 amide bonds. The normalized spacial score (nSPS) is 11.9. The van der Waals surface area contributed by atoms with Gasteiger partial charge in [-0.2, -0.15) is 0 Å². The van der Waals surface area contributed by atoms with Crippen molar-refractivity contribution in [3.05, 3.63) is 82.5 Å². The topological polar surface area (TPSA) is 67.2 Å². The van der Waals surface area contributed by atoms with Crippen molar-refractivity contribution in [2.75, 3.05) is 5.32 Å². The number of hydrogen-bond donors (Lipinski definition) is 2. The Morgan fingerprint density at radius 1 is 1.20 bits per heavy atom. The first-order chi connectivity index (χ1) is 12.1. The van der Waals surface area contributed by atoms with Gasteiger partial charge in [-0.05, 0) is 64.8 Å². The Morgan fingerprint density at radius 3 is 2.64 bits per heavy atom. The molecular formula is C19H18BrN3O2. The largest absolute Gasteiger partial charge is 0.453 e. The van der Waals surface area contributed by atoms with Gasteiger partial charge in [0.2, 0.25) is 0 Å².